The zero-order valence-electron chi connectivity index (χ0n) is 12.2. The maximum absolute atomic E-state index is 12.5. The van der Waals surface area contributed by atoms with Crippen LogP contribution in [0.2, 0.25) is 0 Å². The van der Waals surface area contributed by atoms with Gasteiger partial charge in [-0.25, -0.2) is 4.79 Å². The molecule has 1 aliphatic rings. The molecule has 3 rings (SSSR count). The summed E-state index contributed by atoms with van der Waals surface area (Å²) in [5, 5.41) is 2.21. The normalized spacial score (nSPS) is 16.6. The lowest BCUT2D eigenvalue weighted by atomic mass is 10.1. The second-order valence-corrected chi connectivity index (χ2v) is 5.10. The molecule has 4 amide bonds. The quantitative estimate of drug-likeness (QED) is 0.699. The van der Waals surface area contributed by atoms with Gasteiger partial charge in [0, 0.05) is 0 Å². The molecule has 1 heterocycles. The summed E-state index contributed by atoms with van der Waals surface area (Å²) in [5.41, 5.74) is 1.48. The van der Waals surface area contributed by atoms with Gasteiger partial charge in [0.1, 0.15) is 5.57 Å². The molecular weight excluding hydrogens is 292 g/mol. The highest BCUT2D eigenvalue weighted by Crippen LogP contribution is 2.16. The van der Waals surface area contributed by atoms with Crippen LogP contribution in [0.25, 0.3) is 6.08 Å². The van der Waals surface area contributed by atoms with Crippen molar-refractivity contribution < 1.29 is 14.4 Å². The summed E-state index contributed by atoms with van der Waals surface area (Å²) in [6.45, 7) is 0.116. The predicted molar refractivity (Wildman–Crippen MR) is 84.9 cm³/mol. The van der Waals surface area contributed by atoms with Crippen molar-refractivity contribution in [1.29, 1.82) is 0 Å². The highest BCUT2D eigenvalue weighted by molar-refractivity contribution is 6.30. The monoisotopic (exact) mass is 306 g/mol. The lowest BCUT2D eigenvalue weighted by Crippen LogP contribution is -2.53. The fraction of sp³-hybridized carbons (Fsp3) is 0.0556. The predicted octanol–water partition coefficient (Wildman–Crippen LogP) is 2.35. The highest BCUT2D eigenvalue weighted by Gasteiger charge is 2.35. The Morgan fingerprint density at radius 1 is 0.870 bits per heavy atom. The first-order valence-electron chi connectivity index (χ1n) is 7.13. The Balaban J connectivity index is 1.90. The minimum Gasteiger partial charge on any atom is -0.273 e. The molecule has 2 aromatic carbocycles. The summed E-state index contributed by atoms with van der Waals surface area (Å²) in [5.74, 6) is -1.26. The molecule has 114 valence electrons. The smallest absolute Gasteiger partial charge is 0.273 e. The number of nitrogens with zero attached hydrogens (tertiary/aromatic N) is 1. The van der Waals surface area contributed by atoms with Gasteiger partial charge in [0.05, 0.1) is 6.54 Å². The molecule has 0 atom stereocenters. The van der Waals surface area contributed by atoms with Crippen molar-refractivity contribution in [2.24, 2.45) is 0 Å². The van der Waals surface area contributed by atoms with Gasteiger partial charge in [-0.3, -0.25) is 19.8 Å². The number of hydrogen-bond donors (Lipinski definition) is 1. The van der Waals surface area contributed by atoms with Gasteiger partial charge >= 0.3 is 6.03 Å². The third-order valence-electron chi connectivity index (χ3n) is 3.48. The Morgan fingerprint density at radius 2 is 1.48 bits per heavy atom. The molecular formula is C18H14N2O3. The number of benzene rings is 2. The molecule has 0 spiro atoms. The Bertz CT molecular complexity index is 782. The van der Waals surface area contributed by atoms with Crippen LogP contribution in [0.3, 0.4) is 0 Å². The maximum atomic E-state index is 12.5. The molecule has 0 unspecified atom stereocenters. The van der Waals surface area contributed by atoms with Crippen LogP contribution in [-0.4, -0.2) is 22.7 Å². The minimum absolute atomic E-state index is 0.0493. The maximum Gasteiger partial charge on any atom is 0.331 e. The molecule has 1 N–H and O–H groups in total. The number of hydrogen-bond acceptors (Lipinski definition) is 3. The van der Waals surface area contributed by atoms with E-state index in [1.54, 1.807) is 12.1 Å². The lowest BCUT2D eigenvalue weighted by molar-refractivity contribution is -0.130. The number of carbonyl (C=O) groups excluding carboxylic acids is 3. The van der Waals surface area contributed by atoms with Gasteiger partial charge in [0.2, 0.25) is 0 Å². The molecule has 0 aromatic heterocycles. The minimum atomic E-state index is -0.700. The van der Waals surface area contributed by atoms with Crippen LogP contribution in [0.5, 0.6) is 0 Å². The van der Waals surface area contributed by atoms with Crippen molar-refractivity contribution in [3.05, 3.63) is 77.4 Å². The van der Waals surface area contributed by atoms with E-state index >= 15 is 0 Å². The molecule has 0 saturated carbocycles. The van der Waals surface area contributed by atoms with Crippen LogP contribution in [-0.2, 0) is 16.1 Å². The van der Waals surface area contributed by atoms with E-state index in [2.05, 4.69) is 5.32 Å². The zero-order valence-corrected chi connectivity index (χ0v) is 12.2. The third kappa shape index (κ3) is 3.18. The summed E-state index contributed by atoms with van der Waals surface area (Å²) in [4.78, 5) is 37.5. The summed E-state index contributed by atoms with van der Waals surface area (Å²) in [7, 11) is 0. The van der Waals surface area contributed by atoms with E-state index in [1.165, 1.54) is 6.08 Å². The number of carbonyl (C=O) groups is 3. The Morgan fingerprint density at radius 3 is 2.13 bits per heavy atom. The molecule has 1 fully saturated rings. The standard InChI is InChI=1S/C18H14N2O3/c21-16-15(11-13-7-3-1-4-8-13)17(22)20(18(23)19-16)12-14-9-5-2-6-10-14/h1-11H,12H2,(H,19,21,23). The molecule has 23 heavy (non-hydrogen) atoms. The van der Waals surface area contributed by atoms with E-state index < -0.39 is 17.8 Å². The van der Waals surface area contributed by atoms with Crippen molar-refractivity contribution in [2.45, 2.75) is 6.54 Å². The average Bonchev–Trinajstić information content (AvgIpc) is 2.57. The van der Waals surface area contributed by atoms with Gasteiger partial charge in [-0.2, -0.15) is 0 Å². The molecule has 1 saturated heterocycles. The fourth-order valence-electron chi connectivity index (χ4n) is 2.32. The first-order chi connectivity index (χ1) is 11.1. The van der Waals surface area contributed by atoms with Gasteiger partial charge in [0.25, 0.3) is 11.8 Å². The van der Waals surface area contributed by atoms with Crippen molar-refractivity contribution in [1.82, 2.24) is 10.2 Å². The van der Waals surface area contributed by atoms with E-state index in [0.29, 0.717) is 0 Å². The number of urea groups is 1. The van der Waals surface area contributed by atoms with E-state index in [4.69, 9.17) is 0 Å². The molecule has 0 radical (unpaired) electrons. The van der Waals surface area contributed by atoms with Gasteiger partial charge in [-0.05, 0) is 17.2 Å². The SMILES string of the molecule is O=C1NC(=O)N(Cc2ccccc2)C(=O)C1=Cc1ccccc1. The molecule has 1 aliphatic heterocycles. The zero-order chi connectivity index (χ0) is 16.2. The number of rotatable bonds is 3. The fourth-order valence-corrected chi connectivity index (χ4v) is 2.32. The number of imide groups is 2. The summed E-state index contributed by atoms with van der Waals surface area (Å²) in [6, 6.07) is 17.5. The molecule has 5 nitrogen and oxygen atoms in total. The first-order valence-corrected chi connectivity index (χ1v) is 7.13. The van der Waals surface area contributed by atoms with Crippen LogP contribution < -0.4 is 5.32 Å². The second-order valence-electron chi connectivity index (χ2n) is 5.10. The number of amides is 4. The Hall–Kier alpha value is -3.21. The molecule has 0 bridgehead atoms. The van der Waals surface area contributed by atoms with Gasteiger partial charge in [-0.15, -0.1) is 0 Å². The van der Waals surface area contributed by atoms with Crippen molar-refractivity contribution in [2.75, 3.05) is 0 Å². The van der Waals surface area contributed by atoms with Crippen molar-refractivity contribution in [3.63, 3.8) is 0 Å². The van der Waals surface area contributed by atoms with E-state index in [1.807, 2.05) is 48.5 Å². The van der Waals surface area contributed by atoms with E-state index in [0.717, 1.165) is 16.0 Å². The Kier molecular flexibility index (Phi) is 4.01. The van der Waals surface area contributed by atoms with Crippen molar-refractivity contribution in [3.8, 4) is 0 Å². The van der Waals surface area contributed by atoms with Gasteiger partial charge in [0.15, 0.2) is 0 Å². The third-order valence-corrected chi connectivity index (χ3v) is 3.48. The average molecular weight is 306 g/mol. The topological polar surface area (TPSA) is 66.5 Å². The van der Waals surface area contributed by atoms with Crippen molar-refractivity contribution >= 4 is 23.9 Å². The van der Waals surface area contributed by atoms with Crippen LogP contribution in [0.1, 0.15) is 11.1 Å². The Labute approximate surface area is 133 Å². The van der Waals surface area contributed by atoms with Crippen LogP contribution in [0, 0.1) is 0 Å². The van der Waals surface area contributed by atoms with E-state index in [9.17, 15) is 14.4 Å². The number of barbiturate groups is 1. The number of nitrogens with one attached hydrogen (secondary N) is 1. The molecule has 5 heteroatoms. The van der Waals surface area contributed by atoms with E-state index in [-0.39, 0.29) is 12.1 Å². The molecule has 2 aromatic rings. The lowest BCUT2D eigenvalue weighted by Gasteiger charge is -2.26. The van der Waals surface area contributed by atoms with Gasteiger partial charge in [-0.1, -0.05) is 60.7 Å². The molecule has 0 aliphatic carbocycles. The largest absolute Gasteiger partial charge is 0.331 e. The first kappa shape index (κ1) is 14.7. The van der Waals surface area contributed by atoms with Crippen LogP contribution in [0.15, 0.2) is 66.2 Å². The second kappa shape index (κ2) is 6.27. The van der Waals surface area contributed by atoms with Gasteiger partial charge < -0.3 is 0 Å². The summed E-state index contributed by atoms with van der Waals surface area (Å²) < 4.78 is 0. The highest BCUT2D eigenvalue weighted by atomic mass is 16.2. The summed E-state index contributed by atoms with van der Waals surface area (Å²) in [6.07, 6.45) is 1.49. The van der Waals surface area contributed by atoms with Crippen LogP contribution >= 0.6 is 0 Å². The summed E-state index contributed by atoms with van der Waals surface area (Å²) >= 11 is 0. The van der Waals surface area contributed by atoms with Crippen LogP contribution in [0.4, 0.5) is 4.79 Å².